The number of hydrogen-bond acceptors (Lipinski definition) is 1. The van der Waals surface area contributed by atoms with Crippen LogP contribution in [0.2, 0.25) is 0 Å². The van der Waals surface area contributed by atoms with Gasteiger partial charge in [0, 0.05) is 6.20 Å². The van der Waals surface area contributed by atoms with Crippen molar-refractivity contribution in [1.29, 1.82) is 0 Å². The van der Waals surface area contributed by atoms with E-state index in [2.05, 4.69) is 78.7 Å². The normalized spacial score (nSPS) is 13.9. The van der Waals surface area contributed by atoms with Gasteiger partial charge in [0.15, 0.2) is 0 Å². The van der Waals surface area contributed by atoms with Crippen molar-refractivity contribution in [1.82, 2.24) is 4.98 Å². The van der Waals surface area contributed by atoms with Crippen LogP contribution in [-0.4, -0.2) is 4.98 Å². The quantitative estimate of drug-likeness (QED) is 0.743. The summed E-state index contributed by atoms with van der Waals surface area (Å²) in [7, 11) is 0. The summed E-state index contributed by atoms with van der Waals surface area (Å²) in [5, 5.41) is 0. The van der Waals surface area contributed by atoms with Crippen LogP contribution in [0.25, 0.3) is 16.7 Å². The number of rotatable bonds is 2. The van der Waals surface area contributed by atoms with E-state index in [0.29, 0.717) is 0 Å². The summed E-state index contributed by atoms with van der Waals surface area (Å²) in [5.74, 6) is 0. The largest absolute Gasteiger partial charge is 0.256 e. The van der Waals surface area contributed by atoms with Crippen molar-refractivity contribution in [3.63, 3.8) is 0 Å². The van der Waals surface area contributed by atoms with Gasteiger partial charge >= 0.3 is 0 Å². The average Bonchev–Trinajstić information content (AvgIpc) is 2.77. The molecule has 2 aromatic rings. The van der Waals surface area contributed by atoms with Crippen molar-refractivity contribution in [2.75, 3.05) is 0 Å². The van der Waals surface area contributed by atoms with Crippen molar-refractivity contribution in [3.05, 3.63) is 84.2 Å². The first-order chi connectivity index (χ1) is 9.83. The Morgan fingerprint density at radius 2 is 1.80 bits per heavy atom. The molecule has 1 aliphatic rings. The zero-order valence-corrected chi connectivity index (χ0v) is 11.6. The van der Waals surface area contributed by atoms with Crippen LogP contribution < -0.4 is 0 Å². The van der Waals surface area contributed by atoms with Gasteiger partial charge in [0.2, 0.25) is 0 Å². The Kier molecular flexibility index (Phi) is 3.60. The third kappa shape index (κ3) is 2.77. The number of pyridine rings is 1. The lowest BCUT2D eigenvalue weighted by Gasteiger charge is -2.06. The topological polar surface area (TPSA) is 12.9 Å². The molecule has 0 amide bonds. The third-order valence-electron chi connectivity index (χ3n) is 3.44. The second kappa shape index (κ2) is 5.70. The molecule has 0 aliphatic heterocycles. The Hall–Kier alpha value is -2.41. The summed E-state index contributed by atoms with van der Waals surface area (Å²) in [6.45, 7) is 2.11. The fraction of sp³-hybridized carbons (Fsp3) is 0.105. The molecule has 0 N–H and O–H groups in total. The van der Waals surface area contributed by atoms with Crippen LogP contribution in [0.1, 0.15) is 17.7 Å². The molecular formula is C19H17N. The Morgan fingerprint density at radius 3 is 2.65 bits per heavy atom. The summed E-state index contributed by atoms with van der Waals surface area (Å²) in [5.41, 5.74) is 5.94. The molecule has 0 spiro atoms. The van der Waals surface area contributed by atoms with Gasteiger partial charge in [0.25, 0.3) is 0 Å². The number of benzene rings is 1. The van der Waals surface area contributed by atoms with Gasteiger partial charge < -0.3 is 0 Å². The summed E-state index contributed by atoms with van der Waals surface area (Å²) < 4.78 is 0. The van der Waals surface area contributed by atoms with Crippen molar-refractivity contribution >= 4 is 5.57 Å². The number of aryl methyl sites for hydroxylation is 1. The summed E-state index contributed by atoms with van der Waals surface area (Å²) in [6.07, 6.45) is 13.5. The van der Waals surface area contributed by atoms with Crippen molar-refractivity contribution in [2.24, 2.45) is 0 Å². The van der Waals surface area contributed by atoms with Crippen LogP contribution >= 0.6 is 0 Å². The molecule has 0 saturated carbocycles. The minimum Gasteiger partial charge on any atom is -0.256 e. The van der Waals surface area contributed by atoms with E-state index in [0.717, 1.165) is 12.1 Å². The Bertz CT molecular complexity index is 688. The van der Waals surface area contributed by atoms with Gasteiger partial charge in [-0.3, -0.25) is 4.98 Å². The van der Waals surface area contributed by atoms with E-state index in [1.807, 2.05) is 6.20 Å². The molecule has 1 nitrogen and oxygen atoms in total. The minimum atomic E-state index is 0.957. The summed E-state index contributed by atoms with van der Waals surface area (Å²) in [4.78, 5) is 4.50. The predicted molar refractivity (Wildman–Crippen MR) is 85.3 cm³/mol. The molecule has 0 saturated heterocycles. The number of allylic oxidation sites excluding steroid dienone is 6. The van der Waals surface area contributed by atoms with Crippen LogP contribution in [0.4, 0.5) is 0 Å². The molecule has 1 heterocycles. The fourth-order valence-corrected chi connectivity index (χ4v) is 2.28. The third-order valence-corrected chi connectivity index (χ3v) is 3.44. The van der Waals surface area contributed by atoms with Crippen LogP contribution in [0.5, 0.6) is 0 Å². The molecule has 0 atom stereocenters. The maximum atomic E-state index is 4.50. The Balaban J connectivity index is 1.97. The summed E-state index contributed by atoms with van der Waals surface area (Å²) >= 11 is 0. The van der Waals surface area contributed by atoms with E-state index in [1.54, 1.807) is 0 Å². The van der Waals surface area contributed by atoms with Crippen molar-refractivity contribution in [2.45, 2.75) is 13.3 Å². The molecule has 0 unspecified atom stereocenters. The van der Waals surface area contributed by atoms with Gasteiger partial charge in [-0.25, -0.2) is 0 Å². The maximum absolute atomic E-state index is 4.50. The predicted octanol–water partition coefficient (Wildman–Crippen LogP) is 4.96. The molecular weight excluding hydrogens is 242 g/mol. The molecule has 20 heavy (non-hydrogen) atoms. The van der Waals surface area contributed by atoms with Gasteiger partial charge in [-0.1, -0.05) is 60.2 Å². The second-order valence-electron chi connectivity index (χ2n) is 4.98. The lowest BCUT2D eigenvalue weighted by Crippen LogP contribution is -1.88. The van der Waals surface area contributed by atoms with E-state index in [1.165, 1.54) is 22.3 Å². The first-order valence-corrected chi connectivity index (χ1v) is 6.90. The number of aromatic nitrogens is 1. The van der Waals surface area contributed by atoms with Crippen molar-refractivity contribution < 1.29 is 0 Å². The Labute approximate surface area is 120 Å². The van der Waals surface area contributed by atoms with Gasteiger partial charge in [0.05, 0.1) is 5.69 Å². The number of nitrogens with zero attached hydrogens (tertiary/aromatic N) is 1. The standard InChI is InChI=1S/C19H17N/c1-15-8-10-16(11-9-15)18-12-13-20-19(14-18)17-6-4-2-3-5-7-17/h2-4,6-14H,5H2,1H3. The van der Waals surface area contributed by atoms with Gasteiger partial charge in [0.1, 0.15) is 0 Å². The Morgan fingerprint density at radius 1 is 0.950 bits per heavy atom. The zero-order chi connectivity index (χ0) is 13.8. The van der Waals surface area contributed by atoms with Crippen LogP contribution in [-0.2, 0) is 0 Å². The highest BCUT2D eigenvalue weighted by Crippen LogP contribution is 2.24. The molecule has 1 aromatic heterocycles. The zero-order valence-electron chi connectivity index (χ0n) is 11.6. The second-order valence-corrected chi connectivity index (χ2v) is 4.98. The van der Waals surface area contributed by atoms with E-state index >= 15 is 0 Å². The highest BCUT2D eigenvalue weighted by atomic mass is 14.7. The van der Waals surface area contributed by atoms with E-state index in [9.17, 15) is 0 Å². The monoisotopic (exact) mass is 259 g/mol. The summed E-state index contributed by atoms with van der Waals surface area (Å²) in [6, 6.07) is 12.8. The fourth-order valence-electron chi connectivity index (χ4n) is 2.28. The molecule has 3 rings (SSSR count). The first kappa shape index (κ1) is 12.6. The highest BCUT2D eigenvalue weighted by Gasteiger charge is 2.04. The molecule has 1 heteroatoms. The molecule has 1 aromatic carbocycles. The molecule has 0 bridgehead atoms. The molecule has 1 aliphatic carbocycles. The SMILES string of the molecule is Cc1ccc(-c2ccnc(C3=CCC=CC=C3)c2)cc1. The van der Waals surface area contributed by atoms with Crippen LogP contribution in [0, 0.1) is 6.92 Å². The van der Waals surface area contributed by atoms with Crippen LogP contribution in [0.3, 0.4) is 0 Å². The molecule has 98 valence electrons. The molecule has 0 radical (unpaired) electrons. The van der Waals surface area contributed by atoms with E-state index in [-0.39, 0.29) is 0 Å². The maximum Gasteiger partial charge on any atom is 0.0705 e. The minimum absolute atomic E-state index is 0.957. The lowest BCUT2D eigenvalue weighted by molar-refractivity contribution is 1.27. The average molecular weight is 259 g/mol. The van der Waals surface area contributed by atoms with Gasteiger partial charge in [-0.15, -0.1) is 0 Å². The molecule has 0 fully saturated rings. The van der Waals surface area contributed by atoms with Gasteiger partial charge in [-0.05, 0) is 42.2 Å². The van der Waals surface area contributed by atoms with E-state index < -0.39 is 0 Å². The highest BCUT2D eigenvalue weighted by molar-refractivity contribution is 5.76. The van der Waals surface area contributed by atoms with Crippen molar-refractivity contribution in [3.8, 4) is 11.1 Å². The van der Waals surface area contributed by atoms with Crippen LogP contribution in [0.15, 0.2) is 73.0 Å². The smallest absolute Gasteiger partial charge is 0.0705 e. The number of hydrogen-bond donors (Lipinski definition) is 0. The lowest BCUT2D eigenvalue weighted by atomic mass is 10.0. The van der Waals surface area contributed by atoms with Gasteiger partial charge in [-0.2, -0.15) is 0 Å². The van der Waals surface area contributed by atoms with E-state index in [4.69, 9.17) is 0 Å². The first-order valence-electron chi connectivity index (χ1n) is 6.90.